The third-order valence-electron chi connectivity index (χ3n) is 5.63. The van der Waals surface area contributed by atoms with Gasteiger partial charge in [0, 0.05) is 36.5 Å². The molecule has 1 heterocycles. The smallest absolute Gasteiger partial charge is 0.326 e. The molecule has 0 saturated carbocycles. The molecule has 0 spiro atoms. The number of nitrogens with two attached hydrogens (primary N) is 2. The molecule has 0 aliphatic rings. The van der Waals surface area contributed by atoms with Crippen LogP contribution in [0, 0.1) is 0 Å². The number of hydrogen-bond donors (Lipinski definition) is 4. The van der Waals surface area contributed by atoms with Gasteiger partial charge in [-0.2, -0.15) is 0 Å². The highest BCUT2D eigenvalue weighted by Crippen LogP contribution is 2.16. The highest BCUT2D eigenvalue weighted by Gasteiger charge is 2.21. The quantitative estimate of drug-likeness (QED) is 0.213. The number of ether oxygens (including phenoxy) is 1. The second-order valence-electron chi connectivity index (χ2n) is 8.49. The number of carboxylic acid groups (broad SMARTS) is 1. The van der Waals surface area contributed by atoms with Crippen LogP contribution >= 0.6 is 24.8 Å². The van der Waals surface area contributed by atoms with E-state index < -0.39 is 23.8 Å². The molecular formula is C30H32Cl2N4O5. The summed E-state index contributed by atoms with van der Waals surface area (Å²) >= 11 is 0. The molecule has 3 aromatic carbocycles. The van der Waals surface area contributed by atoms with Gasteiger partial charge in [-0.3, -0.25) is 14.6 Å². The van der Waals surface area contributed by atoms with Crippen LogP contribution in [0.4, 0.5) is 0 Å². The van der Waals surface area contributed by atoms with E-state index in [9.17, 15) is 19.5 Å². The summed E-state index contributed by atoms with van der Waals surface area (Å²) in [6.07, 6.45) is 3.22. The van der Waals surface area contributed by atoms with Gasteiger partial charge >= 0.3 is 5.97 Å². The first-order valence-corrected chi connectivity index (χ1v) is 12.1. The van der Waals surface area contributed by atoms with Gasteiger partial charge in [0.15, 0.2) is 0 Å². The van der Waals surface area contributed by atoms with Gasteiger partial charge in [-0.1, -0.05) is 54.6 Å². The summed E-state index contributed by atoms with van der Waals surface area (Å²) in [5.41, 5.74) is 14.1. The minimum atomic E-state index is -1.09. The van der Waals surface area contributed by atoms with Crippen LogP contribution in [0.5, 0.6) is 5.75 Å². The summed E-state index contributed by atoms with van der Waals surface area (Å²) in [5, 5.41) is 12.1. The van der Waals surface area contributed by atoms with E-state index in [2.05, 4.69) is 10.3 Å². The molecule has 41 heavy (non-hydrogen) atoms. The highest BCUT2D eigenvalue weighted by atomic mass is 35.5. The number of nitrogens with one attached hydrogen (secondary N) is 1. The van der Waals surface area contributed by atoms with Gasteiger partial charge in [0.1, 0.15) is 18.4 Å². The molecule has 0 radical (unpaired) electrons. The third-order valence-corrected chi connectivity index (χ3v) is 5.63. The summed E-state index contributed by atoms with van der Waals surface area (Å²) in [6.45, 7) is 0.835. The minimum Gasteiger partial charge on any atom is -0.489 e. The van der Waals surface area contributed by atoms with Gasteiger partial charge in [0.25, 0.3) is 5.91 Å². The van der Waals surface area contributed by atoms with Gasteiger partial charge in [-0.05, 0) is 53.1 Å². The SMILES string of the molecule is Cl.Cl.NC(=O)c1ccncc1.NCc1ccc(C(=O)N[C@@H](Cc2ccc(OCc3ccccc3)cc2)C(=O)O)cc1. The van der Waals surface area contributed by atoms with Crippen molar-refractivity contribution >= 4 is 42.6 Å². The molecule has 2 amide bonds. The maximum atomic E-state index is 12.4. The minimum absolute atomic E-state index is 0. The number of carbonyl (C=O) groups is 3. The standard InChI is InChI=1S/C24H24N2O4.C6H6N2O.2ClH/c25-15-18-6-10-20(11-7-18)23(27)26-22(24(28)29)14-17-8-12-21(13-9-17)30-16-19-4-2-1-3-5-19;7-6(9)5-1-3-8-4-2-5;;/h1-13,22H,14-16,25H2,(H,26,27)(H,28,29);1-4H,(H2,7,9);2*1H/t22-;;;/m0.../s1. The summed E-state index contributed by atoms with van der Waals surface area (Å²) in [5.74, 6) is -1.25. The van der Waals surface area contributed by atoms with E-state index in [-0.39, 0.29) is 31.2 Å². The molecular weight excluding hydrogens is 567 g/mol. The Balaban J connectivity index is 0.000000654. The predicted octanol–water partition coefficient (Wildman–Crippen LogP) is 4.17. The van der Waals surface area contributed by atoms with Crippen molar-refractivity contribution in [3.05, 3.63) is 131 Å². The fraction of sp³-hybridized carbons (Fsp3) is 0.133. The second kappa shape index (κ2) is 18.0. The predicted molar refractivity (Wildman–Crippen MR) is 161 cm³/mol. The Morgan fingerprint density at radius 2 is 1.37 bits per heavy atom. The van der Waals surface area contributed by atoms with Crippen LogP contribution in [-0.4, -0.2) is 33.9 Å². The van der Waals surface area contributed by atoms with Crippen LogP contribution in [0.2, 0.25) is 0 Å². The first-order valence-electron chi connectivity index (χ1n) is 12.1. The summed E-state index contributed by atoms with van der Waals surface area (Å²) in [7, 11) is 0. The van der Waals surface area contributed by atoms with Gasteiger partial charge in [0.2, 0.25) is 5.91 Å². The molecule has 0 bridgehead atoms. The second-order valence-corrected chi connectivity index (χ2v) is 8.49. The average molecular weight is 600 g/mol. The van der Waals surface area contributed by atoms with Gasteiger partial charge < -0.3 is 26.6 Å². The molecule has 0 aliphatic heterocycles. The van der Waals surface area contributed by atoms with Crippen molar-refractivity contribution in [2.75, 3.05) is 0 Å². The summed E-state index contributed by atoms with van der Waals surface area (Å²) < 4.78 is 5.75. The molecule has 4 aromatic rings. The first-order chi connectivity index (χ1) is 18.9. The Labute approximate surface area is 250 Å². The summed E-state index contributed by atoms with van der Waals surface area (Å²) in [4.78, 5) is 38.2. The molecule has 0 fully saturated rings. The molecule has 4 rings (SSSR count). The number of aromatic nitrogens is 1. The number of rotatable bonds is 10. The van der Waals surface area contributed by atoms with Gasteiger partial charge in [-0.25, -0.2) is 4.79 Å². The van der Waals surface area contributed by atoms with E-state index in [0.29, 0.717) is 30.0 Å². The number of aliphatic carboxylic acids is 1. The van der Waals surface area contributed by atoms with E-state index in [1.54, 1.807) is 60.7 Å². The maximum Gasteiger partial charge on any atom is 0.326 e. The third kappa shape index (κ3) is 11.7. The van der Waals surface area contributed by atoms with E-state index in [4.69, 9.17) is 16.2 Å². The highest BCUT2D eigenvalue weighted by molar-refractivity contribution is 5.96. The Hall–Kier alpha value is -4.44. The topological polar surface area (TPSA) is 158 Å². The fourth-order valence-electron chi connectivity index (χ4n) is 3.45. The zero-order chi connectivity index (χ0) is 28.0. The number of nitrogens with zero attached hydrogens (tertiary/aromatic N) is 1. The first kappa shape index (κ1) is 34.6. The molecule has 1 atom stereocenters. The van der Waals surface area contributed by atoms with Gasteiger partial charge in [0.05, 0.1) is 0 Å². The van der Waals surface area contributed by atoms with Crippen LogP contribution in [0.3, 0.4) is 0 Å². The Morgan fingerprint density at radius 3 is 1.88 bits per heavy atom. The number of amides is 2. The van der Waals surface area contributed by atoms with Crippen molar-refractivity contribution in [2.45, 2.75) is 25.6 Å². The lowest BCUT2D eigenvalue weighted by molar-refractivity contribution is -0.139. The molecule has 1 aromatic heterocycles. The van der Waals surface area contributed by atoms with Gasteiger partial charge in [-0.15, -0.1) is 24.8 Å². The van der Waals surface area contributed by atoms with E-state index in [1.165, 1.54) is 12.4 Å². The van der Waals surface area contributed by atoms with Crippen molar-refractivity contribution in [3.63, 3.8) is 0 Å². The number of pyridine rings is 1. The zero-order valence-corrected chi connectivity index (χ0v) is 23.6. The normalized spacial score (nSPS) is 10.4. The maximum absolute atomic E-state index is 12.4. The molecule has 0 aliphatic carbocycles. The summed E-state index contributed by atoms with van der Waals surface area (Å²) in [6, 6.07) is 25.9. The largest absolute Gasteiger partial charge is 0.489 e. The van der Waals surface area contributed by atoms with Crippen molar-refractivity contribution in [1.82, 2.24) is 10.3 Å². The molecule has 0 saturated heterocycles. The molecule has 9 nitrogen and oxygen atoms in total. The molecule has 6 N–H and O–H groups in total. The monoisotopic (exact) mass is 598 g/mol. The lowest BCUT2D eigenvalue weighted by Gasteiger charge is -2.15. The number of primary amides is 1. The Bertz CT molecular complexity index is 1360. The Morgan fingerprint density at radius 1 is 0.780 bits per heavy atom. The van der Waals surface area contributed by atoms with E-state index in [1.807, 2.05) is 30.3 Å². The van der Waals surface area contributed by atoms with Crippen molar-refractivity contribution in [2.24, 2.45) is 11.5 Å². The lowest BCUT2D eigenvalue weighted by atomic mass is 10.0. The number of carboxylic acids is 1. The fourth-order valence-corrected chi connectivity index (χ4v) is 3.45. The number of benzene rings is 3. The molecule has 0 unspecified atom stereocenters. The van der Waals surface area contributed by atoms with Crippen molar-refractivity contribution in [3.8, 4) is 5.75 Å². The van der Waals surface area contributed by atoms with Crippen LogP contribution in [0.1, 0.15) is 37.4 Å². The van der Waals surface area contributed by atoms with E-state index >= 15 is 0 Å². The van der Waals surface area contributed by atoms with Crippen LogP contribution in [-0.2, 0) is 24.4 Å². The van der Waals surface area contributed by atoms with Crippen LogP contribution < -0.4 is 21.5 Å². The van der Waals surface area contributed by atoms with Crippen LogP contribution in [0.25, 0.3) is 0 Å². The van der Waals surface area contributed by atoms with Crippen molar-refractivity contribution < 1.29 is 24.2 Å². The van der Waals surface area contributed by atoms with Crippen LogP contribution in [0.15, 0.2) is 103 Å². The van der Waals surface area contributed by atoms with E-state index in [0.717, 1.165) is 16.7 Å². The Kier molecular flexibility index (Phi) is 15.2. The number of carbonyl (C=O) groups excluding carboxylic acids is 2. The molecule has 216 valence electrons. The number of halogens is 2. The zero-order valence-electron chi connectivity index (χ0n) is 22.0. The van der Waals surface area contributed by atoms with Crippen molar-refractivity contribution in [1.29, 1.82) is 0 Å². The average Bonchev–Trinajstić information content (AvgIpc) is 2.97. The lowest BCUT2D eigenvalue weighted by Crippen LogP contribution is -2.42. The number of hydrogen-bond acceptors (Lipinski definition) is 6. The molecule has 11 heteroatoms.